The second-order valence-electron chi connectivity index (χ2n) is 6.28. The predicted octanol–water partition coefficient (Wildman–Crippen LogP) is 3.07. The van der Waals surface area contributed by atoms with Gasteiger partial charge in [0.15, 0.2) is 0 Å². The van der Waals surface area contributed by atoms with Crippen LogP contribution in [-0.4, -0.2) is 30.8 Å². The number of rotatable bonds is 5. The van der Waals surface area contributed by atoms with E-state index in [9.17, 15) is 9.59 Å². The molecule has 2 amide bonds. The number of anilines is 1. The summed E-state index contributed by atoms with van der Waals surface area (Å²) in [4.78, 5) is 25.9. The van der Waals surface area contributed by atoms with Gasteiger partial charge in [0.25, 0.3) is 0 Å². The van der Waals surface area contributed by atoms with E-state index in [-0.39, 0.29) is 23.6 Å². The van der Waals surface area contributed by atoms with E-state index in [4.69, 9.17) is 23.2 Å². The third-order valence-electron chi connectivity index (χ3n) is 3.84. The van der Waals surface area contributed by atoms with Crippen molar-refractivity contribution < 1.29 is 9.59 Å². The van der Waals surface area contributed by atoms with Gasteiger partial charge in [0.05, 0.1) is 5.41 Å². The van der Waals surface area contributed by atoms with E-state index >= 15 is 0 Å². The van der Waals surface area contributed by atoms with E-state index in [0.717, 1.165) is 5.69 Å². The highest BCUT2D eigenvalue weighted by atomic mass is 35.5. The fraction of sp³-hybridized carbons (Fsp3) is 0.500. The number of nitrogens with one attached hydrogen (secondary N) is 1. The van der Waals surface area contributed by atoms with Crippen LogP contribution in [-0.2, 0) is 9.59 Å². The largest absolute Gasteiger partial charge is 0.355 e. The maximum Gasteiger partial charge on any atom is 0.227 e. The number of hydrogen-bond donors (Lipinski definition) is 1. The first kappa shape index (κ1) is 17.1. The minimum Gasteiger partial charge on any atom is -0.355 e. The summed E-state index contributed by atoms with van der Waals surface area (Å²) in [5, 5.41) is 3.54. The second kappa shape index (κ2) is 6.88. The van der Waals surface area contributed by atoms with Crippen LogP contribution in [0.3, 0.4) is 0 Å². The Hall–Kier alpha value is -1.26. The van der Waals surface area contributed by atoms with Gasteiger partial charge in [-0.15, -0.1) is 11.6 Å². The molecule has 1 heterocycles. The average Bonchev–Trinajstić information content (AvgIpc) is 2.86. The molecule has 6 heteroatoms. The number of carbonyl (C=O) groups excluding carboxylic acids is 2. The van der Waals surface area contributed by atoms with E-state index in [1.807, 2.05) is 12.1 Å². The molecule has 2 rings (SSSR count). The summed E-state index contributed by atoms with van der Waals surface area (Å²) in [6.45, 7) is 4.68. The number of nitrogens with zero attached hydrogens (tertiary/aromatic N) is 1. The Labute approximate surface area is 140 Å². The van der Waals surface area contributed by atoms with E-state index in [0.29, 0.717) is 24.5 Å². The van der Waals surface area contributed by atoms with Crippen molar-refractivity contribution in [1.82, 2.24) is 5.32 Å². The normalized spacial score (nSPS) is 18.6. The zero-order valence-electron chi connectivity index (χ0n) is 12.7. The Kier molecular flexibility index (Phi) is 5.35. The first-order chi connectivity index (χ1) is 10.3. The molecule has 1 saturated heterocycles. The summed E-state index contributed by atoms with van der Waals surface area (Å²) >= 11 is 11.7. The van der Waals surface area contributed by atoms with Gasteiger partial charge >= 0.3 is 0 Å². The van der Waals surface area contributed by atoms with Crippen molar-refractivity contribution in [2.24, 2.45) is 11.3 Å². The van der Waals surface area contributed by atoms with Crippen LogP contribution in [0.15, 0.2) is 24.3 Å². The molecule has 0 saturated carbocycles. The first-order valence-electron chi connectivity index (χ1n) is 7.23. The Bertz CT molecular complexity index is 558. The molecule has 1 aliphatic heterocycles. The lowest BCUT2D eigenvalue weighted by molar-refractivity contribution is -0.128. The molecule has 0 aliphatic carbocycles. The Morgan fingerprint density at radius 3 is 2.59 bits per heavy atom. The summed E-state index contributed by atoms with van der Waals surface area (Å²) in [5.74, 6) is 0.357. The van der Waals surface area contributed by atoms with Crippen molar-refractivity contribution in [1.29, 1.82) is 0 Å². The molecule has 1 unspecified atom stereocenters. The number of benzene rings is 1. The molecule has 1 N–H and O–H groups in total. The van der Waals surface area contributed by atoms with Gasteiger partial charge in [-0.1, -0.05) is 11.6 Å². The number of alkyl halides is 1. The maximum atomic E-state index is 12.1. The SMILES string of the molecule is CC(C)(CCl)C(=O)NCC1CC(=O)N(c2ccc(Cl)cc2)C1. The molecule has 1 aromatic rings. The zero-order valence-corrected chi connectivity index (χ0v) is 14.2. The lowest BCUT2D eigenvalue weighted by atomic mass is 9.95. The predicted molar refractivity (Wildman–Crippen MR) is 89.4 cm³/mol. The molecule has 0 bridgehead atoms. The van der Waals surface area contributed by atoms with Crippen molar-refractivity contribution in [3.63, 3.8) is 0 Å². The van der Waals surface area contributed by atoms with Gasteiger partial charge < -0.3 is 10.2 Å². The van der Waals surface area contributed by atoms with Gasteiger partial charge in [-0.25, -0.2) is 0 Å². The van der Waals surface area contributed by atoms with Crippen molar-refractivity contribution in [2.75, 3.05) is 23.9 Å². The van der Waals surface area contributed by atoms with Crippen molar-refractivity contribution >= 4 is 40.7 Å². The molecule has 22 heavy (non-hydrogen) atoms. The van der Waals surface area contributed by atoms with Gasteiger partial charge in [0.1, 0.15) is 0 Å². The molecule has 0 radical (unpaired) electrons. The molecule has 1 atom stereocenters. The van der Waals surface area contributed by atoms with Crippen LogP contribution in [0.25, 0.3) is 0 Å². The summed E-state index contributed by atoms with van der Waals surface area (Å²) in [5.41, 5.74) is 0.240. The summed E-state index contributed by atoms with van der Waals surface area (Å²) in [6, 6.07) is 7.19. The fourth-order valence-electron chi connectivity index (χ4n) is 2.33. The monoisotopic (exact) mass is 342 g/mol. The van der Waals surface area contributed by atoms with Crippen LogP contribution in [0.2, 0.25) is 5.02 Å². The summed E-state index contributed by atoms with van der Waals surface area (Å²) < 4.78 is 0. The third-order valence-corrected chi connectivity index (χ3v) is 4.76. The van der Waals surface area contributed by atoms with Gasteiger partial charge in [-0.3, -0.25) is 9.59 Å². The molecular formula is C16H20Cl2N2O2. The van der Waals surface area contributed by atoms with Crippen LogP contribution in [0.1, 0.15) is 20.3 Å². The number of carbonyl (C=O) groups is 2. The number of amides is 2. The Balaban J connectivity index is 1.93. The topological polar surface area (TPSA) is 49.4 Å². The molecule has 1 aliphatic rings. The molecule has 1 aromatic carbocycles. The second-order valence-corrected chi connectivity index (χ2v) is 6.98. The molecule has 4 nitrogen and oxygen atoms in total. The molecular weight excluding hydrogens is 323 g/mol. The quantitative estimate of drug-likeness (QED) is 0.836. The lowest BCUT2D eigenvalue weighted by Gasteiger charge is -2.22. The first-order valence-corrected chi connectivity index (χ1v) is 8.15. The molecule has 0 aromatic heterocycles. The minimum atomic E-state index is -0.597. The number of halogens is 2. The third kappa shape index (κ3) is 3.93. The van der Waals surface area contributed by atoms with Gasteiger partial charge in [-0.2, -0.15) is 0 Å². The van der Waals surface area contributed by atoms with Gasteiger partial charge in [0.2, 0.25) is 11.8 Å². The van der Waals surface area contributed by atoms with Crippen LogP contribution in [0.5, 0.6) is 0 Å². The van der Waals surface area contributed by atoms with E-state index in [1.54, 1.807) is 30.9 Å². The minimum absolute atomic E-state index is 0.0678. The van der Waals surface area contributed by atoms with Crippen LogP contribution < -0.4 is 10.2 Å². The highest BCUT2D eigenvalue weighted by Crippen LogP contribution is 2.26. The highest BCUT2D eigenvalue weighted by molar-refractivity contribution is 6.30. The van der Waals surface area contributed by atoms with E-state index in [1.165, 1.54) is 0 Å². The van der Waals surface area contributed by atoms with Crippen molar-refractivity contribution in [2.45, 2.75) is 20.3 Å². The van der Waals surface area contributed by atoms with E-state index in [2.05, 4.69) is 5.32 Å². The Morgan fingerprint density at radius 1 is 1.36 bits per heavy atom. The molecule has 120 valence electrons. The maximum absolute atomic E-state index is 12.1. The fourth-order valence-corrected chi connectivity index (χ4v) is 2.57. The highest BCUT2D eigenvalue weighted by Gasteiger charge is 2.32. The standard InChI is InChI=1S/C16H20Cl2N2O2/c1-16(2,10-17)15(22)19-8-11-7-14(21)20(9-11)13-5-3-12(18)4-6-13/h3-6,11H,7-10H2,1-2H3,(H,19,22). The Morgan fingerprint density at radius 2 is 2.00 bits per heavy atom. The van der Waals surface area contributed by atoms with Gasteiger partial charge in [0, 0.05) is 42.0 Å². The average molecular weight is 343 g/mol. The summed E-state index contributed by atoms with van der Waals surface area (Å²) in [7, 11) is 0. The zero-order chi connectivity index (χ0) is 16.3. The van der Waals surface area contributed by atoms with Gasteiger partial charge in [-0.05, 0) is 38.1 Å². The van der Waals surface area contributed by atoms with Crippen molar-refractivity contribution in [3.8, 4) is 0 Å². The van der Waals surface area contributed by atoms with Crippen LogP contribution >= 0.6 is 23.2 Å². The smallest absolute Gasteiger partial charge is 0.227 e. The lowest BCUT2D eigenvalue weighted by Crippen LogP contribution is -2.40. The molecule has 0 spiro atoms. The van der Waals surface area contributed by atoms with E-state index < -0.39 is 5.41 Å². The van der Waals surface area contributed by atoms with Crippen molar-refractivity contribution in [3.05, 3.63) is 29.3 Å². The number of hydrogen-bond acceptors (Lipinski definition) is 2. The molecule has 1 fully saturated rings. The van der Waals surface area contributed by atoms with Crippen LogP contribution in [0, 0.1) is 11.3 Å². The van der Waals surface area contributed by atoms with Crippen LogP contribution in [0.4, 0.5) is 5.69 Å². The summed E-state index contributed by atoms with van der Waals surface area (Å²) in [6.07, 6.45) is 0.435.